The van der Waals surface area contributed by atoms with Gasteiger partial charge in [-0.3, -0.25) is 0 Å². The van der Waals surface area contributed by atoms with Crippen LogP contribution in [0.1, 0.15) is 58.8 Å². The molecule has 0 aromatic heterocycles. The summed E-state index contributed by atoms with van der Waals surface area (Å²) in [7, 11) is 2.26. The largest absolute Gasteiger partial charge is 0.394 e. The molecule has 2 rings (SSSR count). The third kappa shape index (κ3) is 3.69. The van der Waals surface area contributed by atoms with Crippen molar-refractivity contribution in [3.05, 3.63) is 0 Å². The minimum Gasteiger partial charge on any atom is -0.394 e. The predicted molar refractivity (Wildman–Crippen MR) is 75.7 cm³/mol. The van der Waals surface area contributed by atoms with Crippen LogP contribution in [0.25, 0.3) is 0 Å². The summed E-state index contributed by atoms with van der Waals surface area (Å²) >= 11 is 0. The van der Waals surface area contributed by atoms with Gasteiger partial charge in [-0.2, -0.15) is 0 Å². The fraction of sp³-hybridized carbons (Fsp3) is 1.00. The lowest BCUT2D eigenvalue weighted by atomic mass is 9.93. The van der Waals surface area contributed by atoms with Crippen LogP contribution in [0.2, 0.25) is 0 Å². The Bertz CT molecular complexity index is 261. The van der Waals surface area contributed by atoms with E-state index in [1.54, 1.807) is 0 Å². The molecule has 0 radical (unpaired) electrons. The Morgan fingerprint density at radius 1 is 1.28 bits per heavy atom. The Morgan fingerprint density at radius 2 is 1.89 bits per heavy atom. The van der Waals surface area contributed by atoms with Crippen molar-refractivity contribution in [2.45, 2.75) is 82.5 Å². The van der Waals surface area contributed by atoms with E-state index in [-0.39, 0.29) is 12.1 Å². The van der Waals surface area contributed by atoms with Gasteiger partial charge in [-0.05, 0) is 53.0 Å². The molecule has 2 fully saturated rings. The minimum absolute atomic E-state index is 0.104. The van der Waals surface area contributed by atoms with Crippen LogP contribution in [-0.2, 0) is 0 Å². The number of aliphatic hydroxyl groups excluding tert-OH is 1. The normalized spacial score (nSPS) is 26.5. The van der Waals surface area contributed by atoms with Crippen LogP contribution >= 0.6 is 0 Å². The molecular weight excluding hydrogens is 224 g/mol. The van der Waals surface area contributed by atoms with E-state index in [1.807, 2.05) is 0 Å². The van der Waals surface area contributed by atoms with Gasteiger partial charge < -0.3 is 15.3 Å². The Morgan fingerprint density at radius 3 is 2.39 bits per heavy atom. The van der Waals surface area contributed by atoms with Crippen molar-refractivity contribution in [1.29, 1.82) is 0 Å². The molecule has 0 bridgehead atoms. The van der Waals surface area contributed by atoms with Gasteiger partial charge >= 0.3 is 0 Å². The summed E-state index contributed by atoms with van der Waals surface area (Å²) in [6, 6.07) is 1.96. The second-order valence-electron chi connectivity index (χ2n) is 6.79. The van der Waals surface area contributed by atoms with Gasteiger partial charge in [0.15, 0.2) is 0 Å². The van der Waals surface area contributed by atoms with Crippen LogP contribution in [0, 0.1) is 0 Å². The highest BCUT2D eigenvalue weighted by atomic mass is 16.3. The zero-order valence-electron chi connectivity index (χ0n) is 12.3. The maximum absolute atomic E-state index is 9.68. The zero-order valence-corrected chi connectivity index (χ0v) is 12.3. The lowest BCUT2D eigenvalue weighted by molar-refractivity contribution is 0.106. The molecule has 0 amide bonds. The summed E-state index contributed by atoms with van der Waals surface area (Å²) in [5.41, 5.74) is -0.104. The lowest BCUT2D eigenvalue weighted by Crippen LogP contribution is -2.52. The summed E-state index contributed by atoms with van der Waals surface area (Å²) in [6.45, 7) is 4.72. The van der Waals surface area contributed by atoms with Gasteiger partial charge in [-0.15, -0.1) is 0 Å². The highest BCUT2D eigenvalue weighted by Gasteiger charge is 2.35. The zero-order chi connectivity index (χ0) is 13.2. The second kappa shape index (κ2) is 5.89. The third-order valence-electron chi connectivity index (χ3n) is 4.82. The standard InChI is InChI=1S/C15H30N2O/c1-12(17(3)14-6-4-5-7-14)10-15(2,11-18)16-13-8-9-13/h12-14,16,18H,4-11H2,1-3H3. The van der Waals surface area contributed by atoms with Crippen molar-refractivity contribution in [3.8, 4) is 0 Å². The van der Waals surface area contributed by atoms with E-state index in [9.17, 15) is 5.11 Å². The molecule has 2 saturated carbocycles. The summed E-state index contributed by atoms with van der Waals surface area (Å²) in [5.74, 6) is 0. The first-order chi connectivity index (χ1) is 8.54. The predicted octanol–water partition coefficient (Wildman–Crippen LogP) is 2.14. The van der Waals surface area contributed by atoms with E-state index in [0.29, 0.717) is 12.1 Å². The molecule has 2 aliphatic rings. The van der Waals surface area contributed by atoms with Gasteiger partial charge in [0.2, 0.25) is 0 Å². The molecule has 0 spiro atoms. The number of hydrogen-bond acceptors (Lipinski definition) is 3. The molecule has 0 saturated heterocycles. The molecule has 0 aromatic carbocycles. The fourth-order valence-corrected chi connectivity index (χ4v) is 3.36. The molecule has 0 heterocycles. The minimum atomic E-state index is -0.104. The van der Waals surface area contributed by atoms with Gasteiger partial charge in [-0.1, -0.05) is 12.8 Å². The van der Waals surface area contributed by atoms with Crippen LogP contribution in [0.4, 0.5) is 0 Å². The van der Waals surface area contributed by atoms with Gasteiger partial charge in [0.05, 0.1) is 6.61 Å². The van der Waals surface area contributed by atoms with Gasteiger partial charge in [-0.25, -0.2) is 0 Å². The van der Waals surface area contributed by atoms with Crippen LogP contribution in [0.5, 0.6) is 0 Å². The summed E-state index contributed by atoms with van der Waals surface area (Å²) < 4.78 is 0. The van der Waals surface area contributed by atoms with Crippen LogP contribution in [-0.4, -0.2) is 47.3 Å². The Balaban J connectivity index is 1.84. The second-order valence-corrected chi connectivity index (χ2v) is 6.79. The first-order valence-corrected chi connectivity index (χ1v) is 7.64. The summed E-state index contributed by atoms with van der Waals surface area (Å²) in [4.78, 5) is 2.54. The van der Waals surface area contributed by atoms with Gasteiger partial charge in [0, 0.05) is 23.7 Å². The maximum Gasteiger partial charge on any atom is 0.0611 e. The van der Waals surface area contributed by atoms with Crippen molar-refractivity contribution < 1.29 is 5.11 Å². The number of nitrogens with one attached hydrogen (secondary N) is 1. The number of nitrogens with zero attached hydrogens (tertiary/aromatic N) is 1. The molecule has 2 aliphatic carbocycles. The molecule has 3 heteroatoms. The van der Waals surface area contributed by atoms with E-state index >= 15 is 0 Å². The van der Waals surface area contributed by atoms with E-state index in [0.717, 1.165) is 12.5 Å². The first-order valence-electron chi connectivity index (χ1n) is 7.64. The fourth-order valence-electron chi connectivity index (χ4n) is 3.36. The average Bonchev–Trinajstić information content (AvgIpc) is 2.98. The van der Waals surface area contributed by atoms with Gasteiger partial charge in [0.1, 0.15) is 0 Å². The molecule has 2 atom stereocenters. The number of hydrogen-bond donors (Lipinski definition) is 2. The molecule has 3 nitrogen and oxygen atoms in total. The topological polar surface area (TPSA) is 35.5 Å². The molecular formula is C15H30N2O. The van der Waals surface area contributed by atoms with E-state index in [4.69, 9.17) is 0 Å². The van der Waals surface area contributed by atoms with Crippen molar-refractivity contribution in [2.24, 2.45) is 0 Å². The van der Waals surface area contributed by atoms with E-state index < -0.39 is 0 Å². The van der Waals surface area contributed by atoms with E-state index in [2.05, 4.69) is 31.1 Å². The molecule has 0 aliphatic heterocycles. The smallest absolute Gasteiger partial charge is 0.0611 e. The van der Waals surface area contributed by atoms with Crippen LogP contribution in [0.15, 0.2) is 0 Å². The molecule has 0 aromatic rings. The van der Waals surface area contributed by atoms with Crippen LogP contribution < -0.4 is 5.32 Å². The Labute approximate surface area is 112 Å². The summed E-state index contributed by atoms with van der Waals surface area (Å²) in [5, 5.41) is 13.3. The molecule has 2 unspecified atom stereocenters. The van der Waals surface area contributed by atoms with Crippen molar-refractivity contribution >= 4 is 0 Å². The monoisotopic (exact) mass is 254 g/mol. The average molecular weight is 254 g/mol. The lowest BCUT2D eigenvalue weighted by Gasteiger charge is -2.37. The Hall–Kier alpha value is -0.120. The SMILES string of the molecule is CC(CC(C)(CO)NC1CC1)N(C)C1CCCC1. The first kappa shape index (κ1) is 14.3. The van der Waals surface area contributed by atoms with E-state index in [1.165, 1.54) is 38.5 Å². The molecule has 106 valence electrons. The molecule has 18 heavy (non-hydrogen) atoms. The number of aliphatic hydroxyl groups is 1. The number of rotatable bonds is 7. The van der Waals surface area contributed by atoms with Crippen molar-refractivity contribution in [2.75, 3.05) is 13.7 Å². The van der Waals surface area contributed by atoms with Gasteiger partial charge in [0.25, 0.3) is 0 Å². The molecule has 2 N–H and O–H groups in total. The van der Waals surface area contributed by atoms with Crippen molar-refractivity contribution in [3.63, 3.8) is 0 Å². The highest BCUT2D eigenvalue weighted by Crippen LogP contribution is 2.28. The maximum atomic E-state index is 9.68. The summed E-state index contributed by atoms with van der Waals surface area (Å²) in [6.07, 6.45) is 9.08. The quantitative estimate of drug-likeness (QED) is 0.731. The Kier molecular flexibility index (Phi) is 4.68. The highest BCUT2D eigenvalue weighted by molar-refractivity contribution is 4.95. The van der Waals surface area contributed by atoms with Crippen LogP contribution in [0.3, 0.4) is 0 Å². The third-order valence-corrected chi connectivity index (χ3v) is 4.82. The van der Waals surface area contributed by atoms with Crippen molar-refractivity contribution in [1.82, 2.24) is 10.2 Å².